The first kappa shape index (κ1) is 12.4. The fraction of sp³-hybridized carbons (Fsp3) is 0.455. The van der Waals surface area contributed by atoms with Gasteiger partial charge in [0.2, 0.25) is 0 Å². The molecule has 0 fully saturated rings. The van der Waals surface area contributed by atoms with Crippen LogP contribution in [-0.4, -0.2) is 31.1 Å². The number of ether oxygens (including phenoxy) is 1. The van der Waals surface area contributed by atoms with E-state index in [1.165, 1.54) is 5.56 Å². The third kappa shape index (κ3) is 3.74. The van der Waals surface area contributed by atoms with Crippen molar-refractivity contribution in [2.75, 3.05) is 26.0 Å². The number of methoxy groups -OCH3 is 1. The van der Waals surface area contributed by atoms with E-state index in [9.17, 15) is 0 Å². The third-order valence-electron chi connectivity index (χ3n) is 2.11. The lowest BCUT2D eigenvalue weighted by atomic mass is 10.1. The van der Waals surface area contributed by atoms with E-state index in [4.69, 9.17) is 15.6 Å². The Labute approximate surface area is 94.6 Å². The highest BCUT2D eigenvalue weighted by atomic mass is 32.2. The molecular formula is C11H17NO2S. The van der Waals surface area contributed by atoms with Crippen LogP contribution in [0.4, 0.5) is 0 Å². The van der Waals surface area contributed by atoms with Gasteiger partial charge in [-0.1, -0.05) is 12.1 Å². The van der Waals surface area contributed by atoms with E-state index in [0.29, 0.717) is 12.3 Å². The zero-order chi connectivity index (χ0) is 11.1. The van der Waals surface area contributed by atoms with Crippen LogP contribution in [0.1, 0.15) is 10.8 Å². The highest BCUT2D eigenvalue weighted by Gasteiger charge is 2.09. The Morgan fingerprint density at radius 3 is 2.53 bits per heavy atom. The van der Waals surface area contributed by atoms with Crippen LogP contribution in [-0.2, 0) is 0 Å². The molecular weight excluding hydrogens is 210 g/mol. The SMILES string of the molecule is COc1ccc(C(CN)SCCO)cc1. The Kier molecular flexibility index (Phi) is 5.53. The van der Waals surface area contributed by atoms with Gasteiger partial charge < -0.3 is 15.6 Å². The first-order valence-electron chi connectivity index (χ1n) is 4.88. The van der Waals surface area contributed by atoms with Crippen LogP contribution in [0.2, 0.25) is 0 Å². The van der Waals surface area contributed by atoms with Crippen molar-refractivity contribution in [1.29, 1.82) is 0 Å². The zero-order valence-electron chi connectivity index (χ0n) is 8.85. The predicted molar refractivity (Wildman–Crippen MR) is 64.3 cm³/mol. The van der Waals surface area contributed by atoms with E-state index in [-0.39, 0.29) is 11.9 Å². The summed E-state index contributed by atoms with van der Waals surface area (Å²) in [5, 5.41) is 9.01. The first-order valence-corrected chi connectivity index (χ1v) is 5.93. The molecule has 0 aliphatic heterocycles. The van der Waals surface area contributed by atoms with Crippen molar-refractivity contribution in [2.24, 2.45) is 5.73 Å². The smallest absolute Gasteiger partial charge is 0.118 e. The van der Waals surface area contributed by atoms with Gasteiger partial charge in [0, 0.05) is 17.5 Å². The van der Waals surface area contributed by atoms with Crippen LogP contribution in [0.15, 0.2) is 24.3 Å². The Bertz CT molecular complexity index is 276. The number of aliphatic hydroxyl groups is 1. The zero-order valence-corrected chi connectivity index (χ0v) is 9.67. The number of hydrogen-bond donors (Lipinski definition) is 2. The number of aliphatic hydroxyl groups excluding tert-OH is 1. The monoisotopic (exact) mass is 227 g/mol. The maximum absolute atomic E-state index is 8.76. The minimum Gasteiger partial charge on any atom is -0.497 e. The molecule has 0 radical (unpaired) electrons. The molecule has 0 amide bonds. The lowest BCUT2D eigenvalue weighted by Gasteiger charge is -2.14. The molecule has 1 aromatic rings. The average Bonchev–Trinajstić information content (AvgIpc) is 2.31. The van der Waals surface area contributed by atoms with Gasteiger partial charge in [0.15, 0.2) is 0 Å². The largest absolute Gasteiger partial charge is 0.497 e. The molecule has 84 valence electrons. The number of hydrogen-bond acceptors (Lipinski definition) is 4. The molecule has 1 aromatic carbocycles. The highest BCUT2D eigenvalue weighted by molar-refractivity contribution is 7.99. The van der Waals surface area contributed by atoms with Crippen LogP contribution in [0.3, 0.4) is 0 Å². The van der Waals surface area contributed by atoms with Gasteiger partial charge in [0.25, 0.3) is 0 Å². The number of nitrogens with two attached hydrogens (primary N) is 1. The van der Waals surface area contributed by atoms with Gasteiger partial charge in [-0.2, -0.15) is 11.8 Å². The van der Waals surface area contributed by atoms with Crippen LogP contribution in [0.5, 0.6) is 5.75 Å². The summed E-state index contributed by atoms with van der Waals surface area (Å²) in [5.41, 5.74) is 6.86. The predicted octanol–water partition coefficient (Wildman–Crippen LogP) is 1.42. The summed E-state index contributed by atoms with van der Waals surface area (Å²) >= 11 is 1.67. The topological polar surface area (TPSA) is 55.5 Å². The summed E-state index contributed by atoms with van der Waals surface area (Å²) in [6, 6.07) is 7.89. The maximum Gasteiger partial charge on any atom is 0.118 e. The van der Waals surface area contributed by atoms with E-state index in [1.807, 2.05) is 24.3 Å². The fourth-order valence-corrected chi connectivity index (χ4v) is 2.19. The molecule has 4 heteroatoms. The van der Waals surface area contributed by atoms with Crippen LogP contribution < -0.4 is 10.5 Å². The Morgan fingerprint density at radius 2 is 2.07 bits per heavy atom. The van der Waals surface area contributed by atoms with E-state index >= 15 is 0 Å². The van der Waals surface area contributed by atoms with E-state index < -0.39 is 0 Å². The highest BCUT2D eigenvalue weighted by Crippen LogP contribution is 2.28. The van der Waals surface area contributed by atoms with Gasteiger partial charge in [-0.15, -0.1) is 0 Å². The molecule has 0 saturated heterocycles. The second-order valence-corrected chi connectivity index (χ2v) is 4.40. The van der Waals surface area contributed by atoms with Crippen LogP contribution in [0, 0.1) is 0 Å². The van der Waals surface area contributed by atoms with Gasteiger partial charge >= 0.3 is 0 Å². The van der Waals surface area contributed by atoms with Gasteiger partial charge in [-0.3, -0.25) is 0 Å². The van der Waals surface area contributed by atoms with Crippen molar-refractivity contribution in [3.8, 4) is 5.75 Å². The van der Waals surface area contributed by atoms with Crippen molar-refractivity contribution in [3.05, 3.63) is 29.8 Å². The maximum atomic E-state index is 8.76. The summed E-state index contributed by atoms with van der Waals surface area (Å²) in [6.45, 7) is 0.772. The number of rotatable bonds is 6. The summed E-state index contributed by atoms with van der Waals surface area (Å²) < 4.78 is 5.09. The van der Waals surface area contributed by atoms with E-state index in [1.54, 1.807) is 18.9 Å². The van der Waals surface area contributed by atoms with Crippen molar-refractivity contribution in [2.45, 2.75) is 5.25 Å². The minimum atomic E-state index is 0.192. The molecule has 3 N–H and O–H groups in total. The molecule has 0 saturated carbocycles. The number of benzene rings is 1. The molecule has 15 heavy (non-hydrogen) atoms. The van der Waals surface area contributed by atoms with Gasteiger partial charge in [-0.05, 0) is 17.7 Å². The molecule has 0 bridgehead atoms. The van der Waals surface area contributed by atoms with Crippen molar-refractivity contribution < 1.29 is 9.84 Å². The van der Waals surface area contributed by atoms with E-state index in [2.05, 4.69) is 0 Å². The summed E-state index contributed by atoms with van der Waals surface area (Å²) in [6.07, 6.45) is 0. The summed E-state index contributed by atoms with van der Waals surface area (Å²) in [4.78, 5) is 0. The molecule has 0 aliphatic rings. The summed E-state index contributed by atoms with van der Waals surface area (Å²) in [5.74, 6) is 1.56. The van der Waals surface area contributed by atoms with Crippen molar-refractivity contribution in [1.82, 2.24) is 0 Å². The Morgan fingerprint density at radius 1 is 1.40 bits per heavy atom. The molecule has 0 aromatic heterocycles. The minimum absolute atomic E-state index is 0.192. The molecule has 3 nitrogen and oxygen atoms in total. The molecule has 0 spiro atoms. The molecule has 1 unspecified atom stereocenters. The van der Waals surface area contributed by atoms with Gasteiger partial charge in [0.05, 0.1) is 13.7 Å². The van der Waals surface area contributed by atoms with Gasteiger partial charge in [0.1, 0.15) is 5.75 Å². The van der Waals surface area contributed by atoms with Crippen LogP contribution >= 0.6 is 11.8 Å². The third-order valence-corrected chi connectivity index (χ3v) is 3.40. The van der Waals surface area contributed by atoms with E-state index in [0.717, 1.165) is 5.75 Å². The second kappa shape index (κ2) is 6.71. The molecule has 0 heterocycles. The van der Waals surface area contributed by atoms with Crippen LogP contribution in [0.25, 0.3) is 0 Å². The average molecular weight is 227 g/mol. The Hall–Kier alpha value is -0.710. The molecule has 0 aliphatic carbocycles. The normalized spacial score (nSPS) is 12.5. The quantitative estimate of drug-likeness (QED) is 0.771. The van der Waals surface area contributed by atoms with Gasteiger partial charge in [-0.25, -0.2) is 0 Å². The standard InChI is InChI=1S/C11H17NO2S/c1-14-10-4-2-9(3-5-10)11(8-12)15-7-6-13/h2-5,11,13H,6-8,12H2,1H3. The fourth-order valence-electron chi connectivity index (χ4n) is 1.31. The summed E-state index contributed by atoms with van der Waals surface area (Å²) in [7, 11) is 1.65. The number of thioether (sulfide) groups is 1. The first-order chi connectivity index (χ1) is 7.31. The second-order valence-electron chi connectivity index (χ2n) is 3.09. The molecule has 1 rings (SSSR count). The lowest BCUT2D eigenvalue weighted by molar-refractivity contribution is 0.322. The Balaban J connectivity index is 2.65. The van der Waals surface area contributed by atoms with Crippen molar-refractivity contribution in [3.63, 3.8) is 0 Å². The van der Waals surface area contributed by atoms with Crippen molar-refractivity contribution >= 4 is 11.8 Å². The molecule has 1 atom stereocenters. The lowest BCUT2D eigenvalue weighted by Crippen LogP contribution is -2.10.